The van der Waals surface area contributed by atoms with Gasteiger partial charge in [-0.05, 0) is 29.5 Å². The minimum absolute atomic E-state index is 0.259. The Morgan fingerprint density at radius 1 is 1.27 bits per heavy atom. The summed E-state index contributed by atoms with van der Waals surface area (Å²) in [4.78, 5) is 0. The van der Waals surface area contributed by atoms with Crippen LogP contribution in [-0.2, 0) is 10.2 Å². The van der Waals surface area contributed by atoms with E-state index in [9.17, 15) is 0 Å². The normalized spacial score (nSPS) is 19.0. The predicted molar refractivity (Wildman–Crippen MR) is 63.4 cm³/mol. The van der Waals surface area contributed by atoms with E-state index in [1.807, 2.05) is 0 Å². The number of hydrogen-bond acceptors (Lipinski definition) is 1. The van der Waals surface area contributed by atoms with E-state index in [0.717, 1.165) is 13.2 Å². The second-order valence-corrected chi connectivity index (χ2v) is 5.28. The minimum atomic E-state index is 0.259. The first kappa shape index (κ1) is 10.7. The zero-order valence-corrected chi connectivity index (χ0v) is 10.1. The van der Waals surface area contributed by atoms with E-state index in [0.29, 0.717) is 5.92 Å². The van der Waals surface area contributed by atoms with Crippen molar-refractivity contribution in [1.29, 1.82) is 0 Å². The highest BCUT2D eigenvalue weighted by molar-refractivity contribution is 5.39. The summed E-state index contributed by atoms with van der Waals surface area (Å²) >= 11 is 0. The van der Waals surface area contributed by atoms with Crippen LogP contribution in [0.4, 0.5) is 0 Å². The lowest BCUT2D eigenvalue weighted by molar-refractivity contribution is -0.0503. The number of rotatable bonds is 2. The first-order chi connectivity index (χ1) is 7.03. The second kappa shape index (κ2) is 3.64. The van der Waals surface area contributed by atoms with E-state index in [2.05, 4.69) is 45.9 Å². The van der Waals surface area contributed by atoms with Crippen LogP contribution in [0.5, 0.6) is 0 Å². The summed E-state index contributed by atoms with van der Waals surface area (Å²) in [7, 11) is 0. The summed E-state index contributed by atoms with van der Waals surface area (Å²) in [6.07, 6.45) is 0. The van der Waals surface area contributed by atoms with Crippen LogP contribution in [0, 0.1) is 6.92 Å². The van der Waals surface area contributed by atoms with Crippen molar-refractivity contribution in [3.8, 4) is 0 Å². The zero-order valence-electron chi connectivity index (χ0n) is 10.1. The molecule has 15 heavy (non-hydrogen) atoms. The van der Waals surface area contributed by atoms with E-state index in [-0.39, 0.29) is 5.41 Å². The third-order valence-corrected chi connectivity index (χ3v) is 3.42. The van der Waals surface area contributed by atoms with Gasteiger partial charge in [-0.25, -0.2) is 0 Å². The van der Waals surface area contributed by atoms with Gasteiger partial charge in [0.1, 0.15) is 0 Å². The van der Waals surface area contributed by atoms with Crippen LogP contribution in [0.15, 0.2) is 18.2 Å². The molecule has 1 aliphatic rings. The molecule has 1 heteroatoms. The van der Waals surface area contributed by atoms with Crippen LogP contribution < -0.4 is 0 Å². The van der Waals surface area contributed by atoms with Crippen LogP contribution in [-0.4, -0.2) is 13.2 Å². The van der Waals surface area contributed by atoms with E-state index >= 15 is 0 Å². The van der Waals surface area contributed by atoms with Gasteiger partial charge in [-0.3, -0.25) is 0 Å². The Morgan fingerprint density at radius 3 is 2.40 bits per heavy atom. The maximum Gasteiger partial charge on any atom is 0.0583 e. The van der Waals surface area contributed by atoms with Crippen molar-refractivity contribution in [2.75, 3.05) is 13.2 Å². The van der Waals surface area contributed by atoms with Gasteiger partial charge in [0.15, 0.2) is 0 Å². The highest BCUT2D eigenvalue weighted by Gasteiger charge is 2.36. The van der Waals surface area contributed by atoms with Gasteiger partial charge in [0.25, 0.3) is 0 Å². The molecule has 0 bridgehead atoms. The van der Waals surface area contributed by atoms with Gasteiger partial charge in [0.05, 0.1) is 13.2 Å². The number of aryl methyl sites for hydroxylation is 1. The molecule has 0 saturated carbocycles. The minimum Gasteiger partial charge on any atom is -0.379 e. The SMILES string of the molecule is Cc1ccc(C(C)C)cc1C1(C)COC1. The molecule has 1 aromatic carbocycles. The fraction of sp³-hybridized carbons (Fsp3) is 0.571. The molecule has 1 aromatic rings. The maximum absolute atomic E-state index is 5.35. The molecule has 1 fully saturated rings. The molecule has 0 spiro atoms. The average Bonchev–Trinajstić information content (AvgIpc) is 2.14. The highest BCUT2D eigenvalue weighted by atomic mass is 16.5. The van der Waals surface area contributed by atoms with Crippen molar-refractivity contribution in [3.63, 3.8) is 0 Å². The molecule has 2 rings (SSSR count). The quantitative estimate of drug-likeness (QED) is 0.717. The third kappa shape index (κ3) is 1.81. The van der Waals surface area contributed by atoms with Crippen molar-refractivity contribution in [2.45, 2.75) is 39.0 Å². The summed E-state index contributed by atoms with van der Waals surface area (Å²) in [6.45, 7) is 10.7. The van der Waals surface area contributed by atoms with Crippen molar-refractivity contribution >= 4 is 0 Å². The predicted octanol–water partition coefficient (Wildman–Crippen LogP) is 3.41. The molecule has 82 valence electrons. The molecule has 0 aromatic heterocycles. The number of benzene rings is 1. The Labute approximate surface area is 92.5 Å². The Balaban J connectivity index is 2.41. The van der Waals surface area contributed by atoms with Gasteiger partial charge >= 0.3 is 0 Å². The van der Waals surface area contributed by atoms with Crippen LogP contribution in [0.1, 0.15) is 43.4 Å². The number of hydrogen-bond donors (Lipinski definition) is 0. The topological polar surface area (TPSA) is 9.23 Å². The number of ether oxygens (including phenoxy) is 1. The third-order valence-electron chi connectivity index (χ3n) is 3.42. The van der Waals surface area contributed by atoms with E-state index in [1.165, 1.54) is 16.7 Å². The average molecular weight is 204 g/mol. The lowest BCUT2D eigenvalue weighted by atomic mass is 9.77. The molecule has 0 N–H and O–H groups in total. The van der Waals surface area contributed by atoms with Crippen molar-refractivity contribution < 1.29 is 4.74 Å². The molecule has 1 aliphatic heterocycles. The summed E-state index contributed by atoms with van der Waals surface area (Å²) in [5.41, 5.74) is 4.56. The summed E-state index contributed by atoms with van der Waals surface area (Å²) in [5, 5.41) is 0. The van der Waals surface area contributed by atoms with E-state index in [4.69, 9.17) is 4.74 Å². The zero-order chi connectivity index (χ0) is 11.1. The Bertz CT molecular complexity index is 362. The highest BCUT2D eigenvalue weighted by Crippen LogP contribution is 2.35. The van der Waals surface area contributed by atoms with Crippen molar-refractivity contribution in [3.05, 3.63) is 34.9 Å². The second-order valence-electron chi connectivity index (χ2n) is 5.28. The largest absolute Gasteiger partial charge is 0.379 e. The molecule has 1 nitrogen and oxygen atoms in total. The molecular formula is C14H20O. The van der Waals surface area contributed by atoms with Crippen LogP contribution in [0.25, 0.3) is 0 Å². The lowest BCUT2D eigenvalue weighted by Crippen LogP contribution is -2.44. The lowest BCUT2D eigenvalue weighted by Gasteiger charge is -2.40. The van der Waals surface area contributed by atoms with E-state index < -0.39 is 0 Å². The van der Waals surface area contributed by atoms with Crippen LogP contribution in [0.3, 0.4) is 0 Å². The molecule has 0 unspecified atom stereocenters. The van der Waals surface area contributed by atoms with Gasteiger partial charge in [-0.1, -0.05) is 39.0 Å². The van der Waals surface area contributed by atoms with Crippen LogP contribution >= 0.6 is 0 Å². The fourth-order valence-electron chi connectivity index (χ4n) is 2.21. The maximum atomic E-state index is 5.35. The Hall–Kier alpha value is -0.820. The summed E-state index contributed by atoms with van der Waals surface area (Å²) in [5.74, 6) is 0.606. The molecule has 0 atom stereocenters. The monoisotopic (exact) mass is 204 g/mol. The van der Waals surface area contributed by atoms with Gasteiger partial charge < -0.3 is 4.74 Å². The summed E-state index contributed by atoms with van der Waals surface area (Å²) in [6, 6.07) is 6.85. The van der Waals surface area contributed by atoms with Crippen molar-refractivity contribution in [2.24, 2.45) is 0 Å². The van der Waals surface area contributed by atoms with Gasteiger partial charge in [0, 0.05) is 5.41 Å². The first-order valence-electron chi connectivity index (χ1n) is 5.72. The van der Waals surface area contributed by atoms with Crippen molar-refractivity contribution in [1.82, 2.24) is 0 Å². The molecule has 1 saturated heterocycles. The smallest absolute Gasteiger partial charge is 0.0583 e. The van der Waals surface area contributed by atoms with Gasteiger partial charge in [-0.2, -0.15) is 0 Å². The first-order valence-corrected chi connectivity index (χ1v) is 5.72. The van der Waals surface area contributed by atoms with Gasteiger partial charge in [0.2, 0.25) is 0 Å². The standard InChI is InChI=1S/C14H20O/c1-10(2)12-6-5-11(3)13(7-12)14(4)8-15-9-14/h5-7,10H,8-9H2,1-4H3. The molecule has 1 heterocycles. The summed E-state index contributed by atoms with van der Waals surface area (Å²) < 4.78 is 5.35. The van der Waals surface area contributed by atoms with E-state index in [1.54, 1.807) is 0 Å². The fourth-order valence-corrected chi connectivity index (χ4v) is 2.21. The van der Waals surface area contributed by atoms with Gasteiger partial charge in [-0.15, -0.1) is 0 Å². The van der Waals surface area contributed by atoms with Crippen LogP contribution in [0.2, 0.25) is 0 Å². The Morgan fingerprint density at radius 2 is 1.93 bits per heavy atom. The Kier molecular flexibility index (Phi) is 2.59. The molecule has 0 aliphatic carbocycles. The molecule has 0 radical (unpaired) electrons. The molecule has 0 amide bonds. The molecular weight excluding hydrogens is 184 g/mol.